The number of rotatable bonds is 7. The van der Waals surface area contributed by atoms with Crippen molar-refractivity contribution in [3.05, 3.63) is 23.8 Å². The average Bonchev–Trinajstić information content (AvgIpc) is 3.06. The van der Waals surface area contributed by atoms with E-state index in [9.17, 15) is 19.5 Å². The summed E-state index contributed by atoms with van der Waals surface area (Å²) < 4.78 is 6.09. The minimum Gasteiger partial charge on any atom is -0.450 e. The lowest BCUT2D eigenvalue weighted by molar-refractivity contribution is -0.198. The molecular weight excluding hydrogens is 440 g/mol. The summed E-state index contributed by atoms with van der Waals surface area (Å²) in [6.07, 6.45) is 10.9. The van der Waals surface area contributed by atoms with Crippen LogP contribution in [0.2, 0.25) is 0 Å². The largest absolute Gasteiger partial charge is 0.450 e. The zero-order chi connectivity index (χ0) is 24.0. The summed E-state index contributed by atoms with van der Waals surface area (Å²) in [5.41, 5.74) is -1.20. The van der Waals surface area contributed by atoms with Crippen molar-refractivity contribution in [3.63, 3.8) is 0 Å². The van der Waals surface area contributed by atoms with Gasteiger partial charge in [-0.2, -0.15) is 0 Å². The van der Waals surface area contributed by atoms with Crippen molar-refractivity contribution in [2.45, 2.75) is 90.3 Å². The van der Waals surface area contributed by atoms with Gasteiger partial charge in [0.25, 0.3) is 0 Å². The summed E-state index contributed by atoms with van der Waals surface area (Å²) >= 11 is 6.07. The number of alkyl halides is 1. The van der Waals surface area contributed by atoms with Gasteiger partial charge < -0.3 is 9.84 Å². The number of aliphatic hydroxyl groups is 1. The highest BCUT2D eigenvalue weighted by Gasteiger charge is 2.70. The number of carbonyl (C=O) groups is 3. The zero-order valence-corrected chi connectivity index (χ0v) is 20.8. The van der Waals surface area contributed by atoms with E-state index in [0.29, 0.717) is 19.3 Å². The third kappa shape index (κ3) is 3.74. The highest BCUT2D eigenvalue weighted by molar-refractivity contribution is 6.29. The van der Waals surface area contributed by atoms with Crippen molar-refractivity contribution in [3.8, 4) is 0 Å². The number of carbonyl (C=O) groups excluding carboxylic acids is 3. The molecule has 33 heavy (non-hydrogen) atoms. The normalized spacial score (nSPS) is 41.6. The zero-order valence-electron chi connectivity index (χ0n) is 20.1. The van der Waals surface area contributed by atoms with E-state index in [1.54, 1.807) is 12.2 Å². The summed E-state index contributed by atoms with van der Waals surface area (Å²) in [5.74, 6) is -0.469. The van der Waals surface area contributed by atoms with Crippen LogP contribution in [0.1, 0.15) is 78.6 Å². The topological polar surface area (TPSA) is 80.7 Å². The maximum atomic E-state index is 13.3. The van der Waals surface area contributed by atoms with Gasteiger partial charge in [0, 0.05) is 23.2 Å². The molecule has 0 bridgehead atoms. The third-order valence-corrected chi connectivity index (χ3v) is 9.70. The highest BCUT2D eigenvalue weighted by Crippen LogP contribution is 2.68. The van der Waals surface area contributed by atoms with Crippen molar-refractivity contribution < 1.29 is 24.2 Å². The monoisotopic (exact) mass is 476 g/mol. The number of esters is 1. The fourth-order valence-corrected chi connectivity index (χ4v) is 8.08. The van der Waals surface area contributed by atoms with Gasteiger partial charge in [-0.3, -0.25) is 14.4 Å². The van der Waals surface area contributed by atoms with Crippen LogP contribution in [0.15, 0.2) is 23.8 Å². The minimum atomic E-state index is -1.27. The fourth-order valence-electron chi connectivity index (χ4n) is 7.87. The number of Topliss-reactive ketones (excluding diaryl/α,β-unsaturated/α-hetero) is 1. The van der Waals surface area contributed by atoms with E-state index >= 15 is 0 Å². The molecule has 0 radical (unpaired) electrons. The van der Waals surface area contributed by atoms with Gasteiger partial charge in [-0.05, 0) is 62.5 Å². The number of allylic oxidation sites excluding steroid dienone is 4. The number of hydrogen-bond donors (Lipinski definition) is 1. The van der Waals surface area contributed by atoms with Gasteiger partial charge in [-0.1, -0.05) is 45.3 Å². The van der Waals surface area contributed by atoms with E-state index < -0.39 is 17.1 Å². The number of fused-ring (bicyclic) bond motifs is 5. The second-order valence-electron chi connectivity index (χ2n) is 11.1. The first-order valence-electron chi connectivity index (χ1n) is 12.6. The first kappa shape index (κ1) is 24.7. The van der Waals surface area contributed by atoms with Crippen molar-refractivity contribution in [1.29, 1.82) is 0 Å². The summed E-state index contributed by atoms with van der Waals surface area (Å²) in [7, 11) is 0. The Balaban J connectivity index is 1.67. The first-order chi connectivity index (χ1) is 15.6. The average molecular weight is 477 g/mol. The molecule has 0 spiro atoms. The van der Waals surface area contributed by atoms with E-state index in [0.717, 1.165) is 44.1 Å². The minimum absolute atomic E-state index is 0.0126. The van der Waals surface area contributed by atoms with Gasteiger partial charge in [0.2, 0.25) is 0 Å². The summed E-state index contributed by atoms with van der Waals surface area (Å²) in [4.78, 5) is 38.1. The predicted octanol–water partition coefficient (Wildman–Crippen LogP) is 4.94. The van der Waals surface area contributed by atoms with Crippen LogP contribution in [0, 0.1) is 28.6 Å². The molecule has 0 aromatic heterocycles. The van der Waals surface area contributed by atoms with Gasteiger partial charge in [-0.15, -0.1) is 11.6 Å². The molecule has 0 amide bonds. The number of hydrogen-bond acceptors (Lipinski definition) is 5. The highest BCUT2D eigenvalue weighted by atomic mass is 35.5. The second-order valence-corrected chi connectivity index (χ2v) is 11.3. The molecule has 3 saturated carbocycles. The second kappa shape index (κ2) is 8.96. The van der Waals surface area contributed by atoms with Gasteiger partial charge in [-0.25, -0.2) is 0 Å². The summed E-state index contributed by atoms with van der Waals surface area (Å²) in [6.45, 7) is 6.24. The molecule has 1 N–H and O–H groups in total. The van der Waals surface area contributed by atoms with E-state index in [-0.39, 0.29) is 46.6 Å². The van der Waals surface area contributed by atoms with Crippen molar-refractivity contribution in [2.75, 3.05) is 5.88 Å². The fraction of sp³-hybridized carbons (Fsp3) is 0.741. The molecule has 4 rings (SSSR count). The van der Waals surface area contributed by atoms with Crippen LogP contribution in [0.5, 0.6) is 0 Å². The lowest BCUT2D eigenvalue weighted by Crippen LogP contribution is -2.62. The number of halogens is 1. The first-order valence-corrected chi connectivity index (χ1v) is 13.1. The quantitative estimate of drug-likeness (QED) is 0.320. The predicted molar refractivity (Wildman–Crippen MR) is 127 cm³/mol. The molecule has 5 nitrogen and oxygen atoms in total. The van der Waals surface area contributed by atoms with E-state index in [2.05, 4.69) is 13.8 Å². The summed E-state index contributed by atoms with van der Waals surface area (Å²) in [5, 5.41) is 11.6. The van der Waals surface area contributed by atoms with Gasteiger partial charge >= 0.3 is 5.97 Å². The lowest BCUT2D eigenvalue weighted by atomic mass is 9.46. The Bertz CT molecular complexity index is 893. The number of unbranched alkanes of at least 4 members (excludes halogenated alkanes) is 2. The molecule has 0 aromatic carbocycles. The van der Waals surface area contributed by atoms with Crippen LogP contribution in [-0.2, 0) is 19.1 Å². The van der Waals surface area contributed by atoms with Gasteiger partial charge in [0.05, 0.1) is 12.0 Å². The molecule has 182 valence electrons. The Morgan fingerprint density at radius 2 is 2.00 bits per heavy atom. The molecule has 7 atom stereocenters. The molecule has 0 heterocycles. The van der Waals surface area contributed by atoms with Crippen LogP contribution in [0.4, 0.5) is 0 Å². The van der Waals surface area contributed by atoms with Crippen molar-refractivity contribution in [1.82, 2.24) is 0 Å². The van der Waals surface area contributed by atoms with Crippen molar-refractivity contribution in [2.24, 2.45) is 28.6 Å². The third-order valence-electron chi connectivity index (χ3n) is 9.46. The maximum absolute atomic E-state index is 13.3. The molecular formula is C27H37ClO5. The molecule has 0 aromatic rings. The number of ether oxygens (including phenoxy) is 1. The molecule has 3 fully saturated rings. The van der Waals surface area contributed by atoms with E-state index in [1.165, 1.54) is 0 Å². The SMILES string of the molecule is CCCCCC(=O)O[C@]1(C(=O)CCl)CC[C@H]2[C@@H]3CCC4=CC(=O)C=C[C@]4(C)[C@H]3[C@@H](O)C[C@@]21C. The molecule has 0 saturated heterocycles. The number of ketones is 2. The van der Waals surface area contributed by atoms with Crippen LogP contribution >= 0.6 is 11.6 Å². The Kier molecular flexibility index (Phi) is 6.69. The Morgan fingerprint density at radius 3 is 2.70 bits per heavy atom. The Labute approximate surface area is 202 Å². The Hall–Kier alpha value is -1.46. The molecule has 0 aliphatic heterocycles. The molecule has 4 aliphatic carbocycles. The lowest BCUT2D eigenvalue weighted by Gasteiger charge is -2.59. The summed E-state index contributed by atoms with van der Waals surface area (Å²) in [6, 6.07) is 0. The van der Waals surface area contributed by atoms with Gasteiger partial charge in [0.1, 0.15) is 0 Å². The molecule has 4 aliphatic rings. The van der Waals surface area contributed by atoms with E-state index in [4.69, 9.17) is 16.3 Å². The molecule has 6 heteroatoms. The van der Waals surface area contributed by atoms with Gasteiger partial charge in [0.15, 0.2) is 17.2 Å². The van der Waals surface area contributed by atoms with Crippen LogP contribution in [-0.4, -0.2) is 40.2 Å². The van der Waals surface area contributed by atoms with Crippen LogP contribution < -0.4 is 0 Å². The standard InChI is InChI=1S/C27H37ClO5/c1-4-5-6-7-23(32)33-27(22(31)16-28)13-11-20-19-9-8-17-14-18(29)10-12-25(17,2)24(19)21(30)15-26(20,27)3/h10,12,14,19-21,24,30H,4-9,11,13,15-16H2,1-3H3/t19-,20-,21-,24+,25-,26-,27-/m0/s1. The Morgan fingerprint density at radius 1 is 1.24 bits per heavy atom. The van der Waals surface area contributed by atoms with Crippen LogP contribution in [0.3, 0.4) is 0 Å². The molecule has 0 unspecified atom stereocenters. The maximum Gasteiger partial charge on any atom is 0.306 e. The number of aliphatic hydroxyl groups excluding tert-OH is 1. The van der Waals surface area contributed by atoms with Crippen molar-refractivity contribution >= 4 is 29.1 Å². The van der Waals surface area contributed by atoms with Crippen LogP contribution in [0.25, 0.3) is 0 Å². The smallest absolute Gasteiger partial charge is 0.306 e. The van der Waals surface area contributed by atoms with E-state index in [1.807, 2.05) is 13.0 Å².